The second-order valence-electron chi connectivity index (χ2n) is 9.70. The van der Waals surface area contributed by atoms with Gasteiger partial charge in [-0.2, -0.15) is 5.26 Å². The van der Waals surface area contributed by atoms with Crippen molar-refractivity contribution in [1.29, 1.82) is 5.26 Å². The van der Waals surface area contributed by atoms with E-state index in [1.807, 2.05) is 50.3 Å². The summed E-state index contributed by atoms with van der Waals surface area (Å²) < 4.78 is 2.29. The minimum atomic E-state index is -0.241. The van der Waals surface area contributed by atoms with Crippen LogP contribution in [0, 0.1) is 18.3 Å². The SMILES string of the molecule is CCCCn1c(N2CCCCCC2)c(C=C2SC(=S)N(C(C)c3ccccc3)C2=O)c(C)c(C#N)c1=O. The van der Waals surface area contributed by atoms with Crippen molar-refractivity contribution in [1.82, 2.24) is 9.47 Å². The number of anilines is 1. The lowest BCUT2D eigenvalue weighted by Crippen LogP contribution is -2.35. The van der Waals surface area contributed by atoms with E-state index in [0.29, 0.717) is 21.3 Å². The van der Waals surface area contributed by atoms with Gasteiger partial charge in [0.05, 0.1) is 10.9 Å². The van der Waals surface area contributed by atoms with E-state index in [1.54, 1.807) is 9.47 Å². The number of amides is 1. The van der Waals surface area contributed by atoms with Gasteiger partial charge in [-0.05, 0) is 50.3 Å². The highest BCUT2D eigenvalue weighted by Crippen LogP contribution is 2.40. The number of hydrogen-bond donors (Lipinski definition) is 0. The average Bonchev–Trinajstić information content (AvgIpc) is 3.06. The fraction of sp³-hybridized carbons (Fsp3) is 0.448. The van der Waals surface area contributed by atoms with Crippen LogP contribution in [-0.4, -0.2) is 32.8 Å². The Morgan fingerprint density at radius 2 is 1.81 bits per heavy atom. The van der Waals surface area contributed by atoms with Crippen LogP contribution in [0.4, 0.5) is 5.82 Å². The molecule has 4 rings (SSSR count). The molecule has 37 heavy (non-hydrogen) atoms. The monoisotopic (exact) mass is 534 g/mol. The lowest BCUT2D eigenvalue weighted by atomic mass is 10.0. The van der Waals surface area contributed by atoms with Crippen molar-refractivity contribution < 1.29 is 4.79 Å². The number of benzene rings is 1. The molecule has 1 amide bonds. The highest BCUT2D eigenvalue weighted by molar-refractivity contribution is 8.26. The normalized spacial score (nSPS) is 18.3. The van der Waals surface area contributed by atoms with Gasteiger partial charge in [0.15, 0.2) is 0 Å². The van der Waals surface area contributed by atoms with Crippen LogP contribution in [0.1, 0.15) is 80.7 Å². The van der Waals surface area contributed by atoms with Crippen LogP contribution in [0.3, 0.4) is 0 Å². The van der Waals surface area contributed by atoms with Gasteiger partial charge >= 0.3 is 0 Å². The Kier molecular flexibility index (Phi) is 8.88. The molecular weight excluding hydrogens is 500 g/mol. The summed E-state index contributed by atoms with van der Waals surface area (Å²) in [5, 5.41) is 9.92. The van der Waals surface area contributed by atoms with Crippen LogP contribution in [0.2, 0.25) is 0 Å². The molecule has 6 nitrogen and oxygen atoms in total. The highest BCUT2D eigenvalue weighted by atomic mass is 32.2. The minimum absolute atomic E-state index is 0.141. The van der Waals surface area contributed by atoms with Gasteiger partial charge in [-0.3, -0.25) is 19.1 Å². The Morgan fingerprint density at radius 3 is 2.43 bits per heavy atom. The molecule has 2 saturated heterocycles. The molecule has 2 aliphatic rings. The molecule has 0 bridgehead atoms. The fourth-order valence-electron chi connectivity index (χ4n) is 5.12. The predicted molar refractivity (Wildman–Crippen MR) is 156 cm³/mol. The zero-order valence-corrected chi connectivity index (χ0v) is 23.5. The summed E-state index contributed by atoms with van der Waals surface area (Å²) in [5.74, 6) is 0.690. The summed E-state index contributed by atoms with van der Waals surface area (Å²) in [6, 6.07) is 11.8. The number of rotatable bonds is 7. The Bertz CT molecular complexity index is 1300. The van der Waals surface area contributed by atoms with Gasteiger partial charge in [0.2, 0.25) is 0 Å². The second kappa shape index (κ2) is 12.1. The number of carbonyl (C=O) groups excluding carboxylic acids is 1. The topological polar surface area (TPSA) is 69.3 Å². The van der Waals surface area contributed by atoms with Gasteiger partial charge in [0.25, 0.3) is 11.5 Å². The maximum absolute atomic E-state index is 13.7. The first kappa shape index (κ1) is 27.2. The third-order valence-electron chi connectivity index (χ3n) is 7.26. The Labute approximate surface area is 229 Å². The first-order valence-electron chi connectivity index (χ1n) is 13.1. The summed E-state index contributed by atoms with van der Waals surface area (Å²) in [7, 11) is 0. The molecule has 2 aliphatic heterocycles. The molecule has 2 fully saturated rings. The number of nitrogens with zero attached hydrogens (tertiary/aromatic N) is 4. The van der Waals surface area contributed by atoms with E-state index in [0.717, 1.165) is 68.6 Å². The van der Waals surface area contributed by atoms with Crippen LogP contribution < -0.4 is 10.5 Å². The Hall–Kier alpha value is -2.89. The second-order valence-corrected chi connectivity index (χ2v) is 11.4. The van der Waals surface area contributed by atoms with Crippen LogP contribution in [0.25, 0.3) is 6.08 Å². The fourth-order valence-corrected chi connectivity index (χ4v) is 6.52. The zero-order valence-electron chi connectivity index (χ0n) is 21.8. The lowest BCUT2D eigenvalue weighted by Gasteiger charge is -2.29. The molecule has 3 heterocycles. The third kappa shape index (κ3) is 5.53. The number of aromatic nitrogens is 1. The molecule has 0 N–H and O–H groups in total. The molecule has 0 spiro atoms. The van der Waals surface area contributed by atoms with Gasteiger partial charge in [-0.15, -0.1) is 0 Å². The van der Waals surface area contributed by atoms with Crippen LogP contribution in [0.5, 0.6) is 0 Å². The number of thioether (sulfide) groups is 1. The number of pyridine rings is 1. The highest BCUT2D eigenvalue weighted by Gasteiger charge is 2.36. The van der Waals surface area contributed by atoms with Crippen molar-refractivity contribution in [2.45, 2.75) is 71.9 Å². The first-order chi connectivity index (χ1) is 17.9. The largest absolute Gasteiger partial charge is 0.357 e. The van der Waals surface area contributed by atoms with Crippen molar-refractivity contribution >= 4 is 46.1 Å². The Balaban J connectivity index is 1.85. The van der Waals surface area contributed by atoms with Crippen LogP contribution in [-0.2, 0) is 11.3 Å². The van der Waals surface area contributed by atoms with Crippen molar-refractivity contribution in [3.8, 4) is 6.07 Å². The number of nitriles is 1. The molecule has 1 unspecified atom stereocenters. The molecule has 0 radical (unpaired) electrons. The lowest BCUT2D eigenvalue weighted by molar-refractivity contribution is -0.123. The number of unbranched alkanes of at least 4 members (excludes halogenated alkanes) is 1. The van der Waals surface area contributed by atoms with E-state index < -0.39 is 0 Å². The molecule has 2 aromatic rings. The quantitative estimate of drug-likeness (QED) is 0.313. The van der Waals surface area contributed by atoms with Crippen LogP contribution >= 0.6 is 24.0 Å². The number of carbonyl (C=O) groups is 1. The van der Waals surface area contributed by atoms with Crippen LogP contribution in [0.15, 0.2) is 40.0 Å². The van der Waals surface area contributed by atoms with Gasteiger partial charge in [-0.25, -0.2) is 0 Å². The average molecular weight is 535 g/mol. The van der Waals surface area contributed by atoms with Crippen molar-refractivity contribution in [2.24, 2.45) is 0 Å². The third-order valence-corrected chi connectivity index (χ3v) is 8.59. The van der Waals surface area contributed by atoms with Gasteiger partial charge in [0.1, 0.15) is 21.8 Å². The van der Waals surface area contributed by atoms with Crippen molar-refractivity contribution in [3.05, 3.63) is 67.8 Å². The van der Waals surface area contributed by atoms with Gasteiger partial charge < -0.3 is 4.90 Å². The summed E-state index contributed by atoms with van der Waals surface area (Å²) in [5.41, 5.74) is 2.33. The summed E-state index contributed by atoms with van der Waals surface area (Å²) in [4.78, 5) is 31.6. The predicted octanol–water partition coefficient (Wildman–Crippen LogP) is 6.17. The number of hydrogen-bond acceptors (Lipinski definition) is 6. The molecule has 1 aromatic carbocycles. The van der Waals surface area contributed by atoms with Crippen molar-refractivity contribution in [2.75, 3.05) is 18.0 Å². The zero-order chi connectivity index (χ0) is 26.5. The molecule has 0 saturated carbocycles. The first-order valence-corrected chi connectivity index (χ1v) is 14.4. The molecular formula is C29H34N4O2S2. The van der Waals surface area contributed by atoms with Crippen molar-refractivity contribution in [3.63, 3.8) is 0 Å². The Morgan fingerprint density at radius 1 is 1.14 bits per heavy atom. The maximum Gasteiger partial charge on any atom is 0.270 e. The van der Waals surface area contributed by atoms with E-state index in [4.69, 9.17) is 12.2 Å². The maximum atomic E-state index is 13.7. The summed E-state index contributed by atoms with van der Waals surface area (Å²) in [6.45, 7) is 8.15. The standard InChI is InChI=1S/C29H34N4O2S2/c1-4-5-17-32-26(31-15-11-6-7-12-16-31)23(20(2)24(19-30)27(32)34)18-25-28(35)33(29(36)37-25)21(3)22-13-9-8-10-14-22/h8-10,13-14,18,21H,4-7,11-12,15-17H2,1-3H3. The van der Waals surface area contributed by atoms with E-state index in [2.05, 4.69) is 17.9 Å². The minimum Gasteiger partial charge on any atom is -0.357 e. The molecule has 0 aliphatic carbocycles. The molecule has 8 heteroatoms. The van der Waals surface area contributed by atoms with E-state index in [-0.39, 0.29) is 23.1 Å². The molecule has 1 atom stereocenters. The molecule has 194 valence electrons. The van der Waals surface area contributed by atoms with Gasteiger partial charge in [0, 0.05) is 25.2 Å². The van der Waals surface area contributed by atoms with E-state index >= 15 is 0 Å². The molecule has 1 aromatic heterocycles. The van der Waals surface area contributed by atoms with Gasteiger partial charge in [-0.1, -0.05) is 80.5 Å². The summed E-state index contributed by atoms with van der Waals surface area (Å²) in [6.07, 6.45) is 8.08. The number of thiocarbonyl (C=S) groups is 1. The van der Waals surface area contributed by atoms with E-state index in [1.165, 1.54) is 11.8 Å². The summed E-state index contributed by atoms with van der Waals surface area (Å²) >= 11 is 6.95. The smallest absolute Gasteiger partial charge is 0.270 e. The van der Waals surface area contributed by atoms with E-state index in [9.17, 15) is 14.9 Å².